The standard InChI is InChI=1S/C11H23NO.2C2H6/c1-4-6-7-10(5-2)8-9-11(13)12-3;2*1-2/h10H,4-9H2,1-3H3,(H,12,13);2*1-2H3. The summed E-state index contributed by atoms with van der Waals surface area (Å²) >= 11 is 0. The third-order valence-corrected chi connectivity index (χ3v) is 2.60. The highest BCUT2D eigenvalue weighted by Crippen LogP contribution is 2.17. The number of rotatable bonds is 7. The van der Waals surface area contributed by atoms with Gasteiger partial charge in [-0.1, -0.05) is 67.2 Å². The zero-order chi connectivity index (χ0) is 14.1. The average molecular weight is 245 g/mol. The van der Waals surface area contributed by atoms with Crippen molar-refractivity contribution in [2.75, 3.05) is 7.05 Å². The Kier molecular flexibility index (Phi) is 26.6. The summed E-state index contributed by atoms with van der Waals surface area (Å²) in [5, 5.41) is 2.66. The highest BCUT2D eigenvalue weighted by atomic mass is 16.1. The van der Waals surface area contributed by atoms with Gasteiger partial charge in [0, 0.05) is 13.5 Å². The maximum absolute atomic E-state index is 11.0. The minimum Gasteiger partial charge on any atom is -0.359 e. The van der Waals surface area contributed by atoms with Crippen LogP contribution in [0.2, 0.25) is 0 Å². The molecule has 106 valence electrons. The van der Waals surface area contributed by atoms with Crippen LogP contribution in [0.25, 0.3) is 0 Å². The highest BCUT2D eigenvalue weighted by Gasteiger charge is 2.07. The first-order valence-corrected chi connectivity index (χ1v) is 7.45. The molecule has 0 aromatic heterocycles. The molecule has 0 fully saturated rings. The third-order valence-electron chi connectivity index (χ3n) is 2.60. The van der Waals surface area contributed by atoms with Crippen molar-refractivity contribution >= 4 is 5.91 Å². The Morgan fingerprint density at radius 3 is 1.94 bits per heavy atom. The summed E-state index contributed by atoms with van der Waals surface area (Å²) in [6.45, 7) is 12.4. The molecule has 17 heavy (non-hydrogen) atoms. The van der Waals surface area contributed by atoms with Crippen molar-refractivity contribution < 1.29 is 4.79 Å². The van der Waals surface area contributed by atoms with E-state index in [1.165, 1.54) is 25.7 Å². The van der Waals surface area contributed by atoms with E-state index in [0.29, 0.717) is 6.42 Å². The number of carbonyl (C=O) groups excluding carboxylic acids is 1. The van der Waals surface area contributed by atoms with Gasteiger partial charge in [0.25, 0.3) is 0 Å². The molecular formula is C15H35NO. The van der Waals surface area contributed by atoms with Crippen molar-refractivity contribution in [3.63, 3.8) is 0 Å². The summed E-state index contributed by atoms with van der Waals surface area (Å²) in [5.74, 6) is 0.923. The van der Waals surface area contributed by atoms with Gasteiger partial charge in [-0.3, -0.25) is 4.79 Å². The molecule has 0 aromatic carbocycles. The predicted octanol–water partition coefficient (Wildman–Crippen LogP) is 4.78. The fraction of sp³-hybridized carbons (Fsp3) is 0.933. The van der Waals surface area contributed by atoms with E-state index in [2.05, 4.69) is 19.2 Å². The number of nitrogens with one attached hydrogen (secondary N) is 1. The summed E-state index contributed by atoms with van der Waals surface area (Å²) in [6, 6.07) is 0. The summed E-state index contributed by atoms with van der Waals surface area (Å²) in [4.78, 5) is 11.0. The first-order valence-electron chi connectivity index (χ1n) is 7.45. The van der Waals surface area contributed by atoms with Crippen molar-refractivity contribution in [2.45, 2.75) is 80.1 Å². The van der Waals surface area contributed by atoms with Gasteiger partial charge < -0.3 is 5.32 Å². The van der Waals surface area contributed by atoms with Gasteiger partial charge in [0.2, 0.25) is 5.91 Å². The van der Waals surface area contributed by atoms with Crippen LogP contribution in [0, 0.1) is 5.92 Å². The second-order valence-corrected chi connectivity index (χ2v) is 3.63. The largest absolute Gasteiger partial charge is 0.359 e. The zero-order valence-corrected chi connectivity index (χ0v) is 13.2. The lowest BCUT2D eigenvalue weighted by atomic mass is 9.94. The van der Waals surface area contributed by atoms with Gasteiger partial charge in [0.1, 0.15) is 0 Å². The molecule has 1 N–H and O–H groups in total. The molecule has 0 radical (unpaired) electrons. The van der Waals surface area contributed by atoms with Crippen molar-refractivity contribution in [1.29, 1.82) is 0 Å². The van der Waals surface area contributed by atoms with E-state index >= 15 is 0 Å². The van der Waals surface area contributed by atoms with Gasteiger partial charge in [0.05, 0.1) is 0 Å². The predicted molar refractivity (Wildman–Crippen MR) is 79.3 cm³/mol. The summed E-state index contributed by atoms with van der Waals surface area (Å²) in [7, 11) is 1.70. The first-order chi connectivity index (χ1) is 8.24. The Balaban J connectivity index is -0.000000439. The van der Waals surface area contributed by atoms with Crippen LogP contribution in [0.15, 0.2) is 0 Å². The molecule has 1 amide bonds. The molecule has 0 saturated carbocycles. The van der Waals surface area contributed by atoms with E-state index in [4.69, 9.17) is 0 Å². The molecule has 0 saturated heterocycles. The lowest BCUT2D eigenvalue weighted by Crippen LogP contribution is -2.18. The molecule has 2 nitrogen and oxygen atoms in total. The van der Waals surface area contributed by atoms with Crippen LogP contribution >= 0.6 is 0 Å². The van der Waals surface area contributed by atoms with Gasteiger partial charge in [-0.25, -0.2) is 0 Å². The number of amides is 1. The Morgan fingerprint density at radius 1 is 1.06 bits per heavy atom. The summed E-state index contributed by atoms with van der Waals surface area (Å²) in [6.07, 6.45) is 6.79. The molecule has 1 unspecified atom stereocenters. The highest BCUT2D eigenvalue weighted by molar-refractivity contribution is 5.75. The second kappa shape index (κ2) is 20.8. The molecular weight excluding hydrogens is 210 g/mol. The van der Waals surface area contributed by atoms with Gasteiger partial charge in [-0.05, 0) is 12.3 Å². The maximum Gasteiger partial charge on any atom is 0.219 e. The molecule has 0 bridgehead atoms. The maximum atomic E-state index is 11.0. The van der Waals surface area contributed by atoms with Gasteiger partial charge in [0.15, 0.2) is 0 Å². The lowest BCUT2D eigenvalue weighted by molar-refractivity contribution is -0.120. The first kappa shape index (κ1) is 21.7. The average Bonchev–Trinajstić information content (AvgIpc) is 2.43. The SMILES string of the molecule is CC.CC.CCCCC(CC)CCC(=O)NC. The van der Waals surface area contributed by atoms with Crippen LogP contribution in [0.3, 0.4) is 0 Å². The van der Waals surface area contributed by atoms with Crippen LogP contribution in [0.4, 0.5) is 0 Å². The van der Waals surface area contributed by atoms with E-state index in [0.717, 1.165) is 12.3 Å². The number of hydrogen-bond acceptors (Lipinski definition) is 1. The lowest BCUT2D eigenvalue weighted by Gasteiger charge is -2.13. The smallest absolute Gasteiger partial charge is 0.219 e. The number of hydrogen-bond donors (Lipinski definition) is 1. The fourth-order valence-electron chi connectivity index (χ4n) is 1.51. The minimum absolute atomic E-state index is 0.176. The van der Waals surface area contributed by atoms with E-state index < -0.39 is 0 Å². The van der Waals surface area contributed by atoms with Gasteiger partial charge in [-0.2, -0.15) is 0 Å². The van der Waals surface area contributed by atoms with Crippen LogP contribution < -0.4 is 5.32 Å². The topological polar surface area (TPSA) is 29.1 Å². The third kappa shape index (κ3) is 18.1. The van der Waals surface area contributed by atoms with Gasteiger partial charge >= 0.3 is 0 Å². The van der Waals surface area contributed by atoms with Crippen molar-refractivity contribution in [2.24, 2.45) is 5.92 Å². The van der Waals surface area contributed by atoms with E-state index in [1.54, 1.807) is 7.05 Å². The molecule has 0 aliphatic rings. The van der Waals surface area contributed by atoms with Crippen molar-refractivity contribution in [3.8, 4) is 0 Å². The Hall–Kier alpha value is -0.530. The monoisotopic (exact) mass is 245 g/mol. The molecule has 0 heterocycles. The molecule has 0 aliphatic carbocycles. The Morgan fingerprint density at radius 2 is 1.59 bits per heavy atom. The quantitative estimate of drug-likeness (QED) is 0.687. The molecule has 1 atom stereocenters. The molecule has 0 aliphatic heterocycles. The number of carbonyl (C=O) groups is 1. The summed E-state index contributed by atoms with van der Waals surface area (Å²) in [5.41, 5.74) is 0. The van der Waals surface area contributed by atoms with Crippen LogP contribution in [0.1, 0.15) is 80.1 Å². The molecule has 0 spiro atoms. The van der Waals surface area contributed by atoms with E-state index in [9.17, 15) is 4.79 Å². The normalized spacial score (nSPS) is 10.3. The van der Waals surface area contributed by atoms with E-state index in [-0.39, 0.29) is 5.91 Å². The second-order valence-electron chi connectivity index (χ2n) is 3.63. The minimum atomic E-state index is 0.176. The van der Waals surface area contributed by atoms with Crippen LogP contribution in [0.5, 0.6) is 0 Å². The van der Waals surface area contributed by atoms with Crippen LogP contribution in [-0.4, -0.2) is 13.0 Å². The van der Waals surface area contributed by atoms with Gasteiger partial charge in [-0.15, -0.1) is 0 Å². The molecule has 0 rings (SSSR count). The van der Waals surface area contributed by atoms with Crippen LogP contribution in [-0.2, 0) is 4.79 Å². The van der Waals surface area contributed by atoms with Crippen molar-refractivity contribution in [3.05, 3.63) is 0 Å². The Labute approximate surface area is 110 Å². The Bertz CT molecular complexity index is 135. The fourth-order valence-corrected chi connectivity index (χ4v) is 1.51. The molecule has 2 heteroatoms. The van der Waals surface area contributed by atoms with Crippen molar-refractivity contribution in [1.82, 2.24) is 5.32 Å². The zero-order valence-electron chi connectivity index (χ0n) is 13.2. The summed E-state index contributed by atoms with van der Waals surface area (Å²) < 4.78 is 0. The van der Waals surface area contributed by atoms with E-state index in [1.807, 2.05) is 27.7 Å². The molecule has 0 aromatic rings. The number of unbranched alkanes of at least 4 members (excludes halogenated alkanes) is 1.